The molecule has 1 saturated carbocycles. The highest BCUT2D eigenvalue weighted by Crippen LogP contribution is 2.43. The third-order valence-corrected chi connectivity index (χ3v) is 5.51. The molecule has 0 aromatic carbocycles. The van der Waals surface area contributed by atoms with E-state index in [-0.39, 0.29) is 12.1 Å². The van der Waals surface area contributed by atoms with Crippen LogP contribution in [-0.2, 0) is 0 Å². The van der Waals surface area contributed by atoms with E-state index in [0.29, 0.717) is 23.3 Å². The Bertz CT molecular complexity index is 785. The van der Waals surface area contributed by atoms with Crippen molar-refractivity contribution in [1.82, 2.24) is 14.8 Å². The van der Waals surface area contributed by atoms with E-state index in [0.717, 1.165) is 31.6 Å². The summed E-state index contributed by atoms with van der Waals surface area (Å²) >= 11 is 0. The lowest BCUT2D eigenvalue weighted by Gasteiger charge is -2.35. The first-order valence-corrected chi connectivity index (χ1v) is 8.56. The van der Waals surface area contributed by atoms with Crippen molar-refractivity contribution in [2.24, 2.45) is 11.8 Å². The second-order valence-corrected chi connectivity index (χ2v) is 6.84. The highest BCUT2D eigenvalue weighted by atomic mass is 16.5. The van der Waals surface area contributed by atoms with E-state index in [9.17, 15) is 10.4 Å². The molecule has 0 radical (unpaired) electrons. The van der Waals surface area contributed by atoms with Crippen LogP contribution in [0.25, 0.3) is 0 Å². The molecule has 7 nitrogen and oxygen atoms in total. The van der Waals surface area contributed by atoms with Gasteiger partial charge in [0.15, 0.2) is 0 Å². The number of aromatic nitrogens is 3. The van der Waals surface area contributed by atoms with Gasteiger partial charge in [0.1, 0.15) is 11.6 Å². The molecule has 130 valence electrons. The van der Waals surface area contributed by atoms with Crippen LogP contribution in [0.4, 0.5) is 5.69 Å². The molecule has 4 rings (SSSR count). The van der Waals surface area contributed by atoms with Crippen LogP contribution in [0.15, 0.2) is 30.7 Å². The van der Waals surface area contributed by atoms with Gasteiger partial charge in [0, 0.05) is 31.7 Å². The van der Waals surface area contributed by atoms with E-state index < -0.39 is 0 Å². The van der Waals surface area contributed by atoms with Crippen LogP contribution >= 0.6 is 0 Å². The average molecular weight is 339 g/mol. The fourth-order valence-corrected chi connectivity index (χ4v) is 4.32. The fourth-order valence-electron chi connectivity index (χ4n) is 4.32. The first-order valence-electron chi connectivity index (χ1n) is 8.56. The number of aliphatic hydroxyl groups is 1. The third-order valence-electron chi connectivity index (χ3n) is 5.51. The lowest BCUT2D eigenvalue weighted by Crippen LogP contribution is -2.36. The molecule has 0 bridgehead atoms. The molecule has 1 saturated heterocycles. The van der Waals surface area contributed by atoms with Gasteiger partial charge < -0.3 is 14.7 Å². The summed E-state index contributed by atoms with van der Waals surface area (Å²) in [6, 6.07) is 6.01. The van der Waals surface area contributed by atoms with E-state index in [4.69, 9.17) is 4.74 Å². The molecular formula is C18H21N5O2. The minimum absolute atomic E-state index is 0.0265. The fraction of sp³-hybridized carbons (Fsp3) is 0.500. The molecule has 2 aromatic rings. The summed E-state index contributed by atoms with van der Waals surface area (Å²) in [5, 5.41) is 24.4. The molecule has 1 N–H and O–H groups in total. The zero-order valence-corrected chi connectivity index (χ0v) is 14.1. The Morgan fingerprint density at radius 2 is 2.08 bits per heavy atom. The van der Waals surface area contributed by atoms with E-state index in [1.807, 2.05) is 23.0 Å². The number of nitriles is 1. The summed E-state index contributed by atoms with van der Waals surface area (Å²) in [5.74, 6) is 1.26. The molecule has 7 heteroatoms. The first kappa shape index (κ1) is 15.9. The van der Waals surface area contributed by atoms with Gasteiger partial charge in [-0.3, -0.25) is 4.68 Å². The summed E-state index contributed by atoms with van der Waals surface area (Å²) in [6.45, 7) is 1.71. The quantitative estimate of drug-likeness (QED) is 0.914. The summed E-state index contributed by atoms with van der Waals surface area (Å²) in [6.07, 6.45) is 6.62. The maximum absolute atomic E-state index is 10.6. The Labute approximate surface area is 146 Å². The number of anilines is 1. The van der Waals surface area contributed by atoms with Gasteiger partial charge in [-0.2, -0.15) is 10.4 Å². The van der Waals surface area contributed by atoms with Crippen LogP contribution in [0.1, 0.15) is 24.4 Å². The van der Waals surface area contributed by atoms with Gasteiger partial charge in [-0.05, 0) is 36.8 Å². The monoisotopic (exact) mass is 339 g/mol. The summed E-state index contributed by atoms with van der Waals surface area (Å²) in [7, 11) is 1.53. The van der Waals surface area contributed by atoms with Crippen molar-refractivity contribution < 1.29 is 9.84 Å². The van der Waals surface area contributed by atoms with E-state index in [1.54, 1.807) is 12.4 Å². The van der Waals surface area contributed by atoms with Crippen molar-refractivity contribution in [2.45, 2.75) is 25.0 Å². The number of ether oxygens (including phenoxy) is 1. The largest absolute Gasteiger partial charge is 0.480 e. The van der Waals surface area contributed by atoms with E-state index in [2.05, 4.69) is 21.1 Å². The smallest absolute Gasteiger partial charge is 0.233 e. The Morgan fingerprint density at radius 1 is 1.28 bits per heavy atom. The summed E-state index contributed by atoms with van der Waals surface area (Å²) in [5.41, 5.74) is 1.35. The van der Waals surface area contributed by atoms with Crippen LogP contribution in [-0.4, -0.2) is 46.2 Å². The molecule has 1 aliphatic carbocycles. The number of aliphatic hydroxyl groups excluding tert-OH is 1. The number of hydrogen-bond donors (Lipinski definition) is 1. The Kier molecular flexibility index (Phi) is 4.06. The number of methoxy groups -OCH3 is 1. The van der Waals surface area contributed by atoms with Crippen molar-refractivity contribution in [3.05, 3.63) is 36.3 Å². The van der Waals surface area contributed by atoms with E-state index >= 15 is 0 Å². The van der Waals surface area contributed by atoms with Crippen molar-refractivity contribution in [1.29, 1.82) is 5.26 Å². The molecule has 0 amide bonds. The predicted octanol–water partition coefficient (Wildman–Crippen LogP) is 1.61. The number of hydrogen-bond acceptors (Lipinski definition) is 6. The van der Waals surface area contributed by atoms with Crippen molar-refractivity contribution >= 4 is 5.69 Å². The lowest BCUT2D eigenvalue weighted by atomic mass is 9.77. The minimum Gasteiger partial charge on any atom is -0.480 e. The molecule has 25 heavy (non-hydrogen) atoms. The van der Waals surface area contributed by atoms with Crippen LogP contribution in [0.2, 0.25) is 0 Å². The van der Waals surface area contributed by atoms with E-state index in [1.165, 1.54) is 7.11 Å². The van der Waals surface area contributed by atoms with Crippen LogP contribution in [0.3, 0.4) is 0 Å². The predicted molar refractivity (Wildman–Crippen MR) is 91.2 cm³/mol. The second-order valence-electron chi connectivity index (χ2n) is 6.84. The summed E-state index contributed by atoms with van der Waals surface area (Å²) in [4.78, 5) is 6.36. The SMILES string of the molecule is COc1nccc(N2C[C@H]3C[C@@H](n4cccn4)[C@H](O)C[C@H]3C2)c1C#N. The number of fused-ring (bicyclic) bond motifs is 1. The van der Waals surface area contributed by atoms with Gasteiger partial charge in [-0.25, -0.2) is 4.98 Å². The summed E-state index contributed by atoms with van der Waals surface area (Å²) < 4.78 is 7.10. The molecule has 2 fully saturated rings. The van der Waals surface area contributed by atoms with Gasteiger partial charge in [0.2, 0.25) is 5.88 Å². The molecular weight excluding hydrogens is 318 g/mol. The molecule has 1 aliphatic heterocycles. The van der Waals surface area contributed by atoms with Gasteiger partial charge in [0.05, 0.1) is 24.9 Å². The zero-order valence-electron chi connectivity index (χ0n) is 14.1. The van der Waals surface area contributed by atoms with Crippen molar-refractivity contribution in [3.8, 4) is 11.9 Å². The number of nitrogens with zero attached hydrogens (tertiary/aromatic N) is 5. The van der Waals surface area contributed by atoms with Crippen LogP contribution in [0, 0.1) is 23.2 Å². The van der Waals surface area contributed by atoms with Crippen molar-refractivity contribution in [2.75, 3.05) is 25.1 Å². The highest BCUT2D eigenvalue weighted by Gasteiger charge is 2.43. The Morgan fingerprint density at radius 3 is 2.76 bits per heavy atom. The Balaban J connectivity index is 1.57. The minimum atomic E-state index is -0.386. The molecule has 4 atom stereocenters. The van der Waals surface area contributed by atoms with Crippen LogP contribution in [0.5, 0.6) is 5.88 Å². The average Bonchev–Trinajstić information content (AvgIpc) is 3.29. The van der Waals surface area contributed by atoms with Gasteiger partial charge >= 0.3 is 0 Å². The van der Waals surface area contributed by atoms with Gasteiger partial charge in [0.25, 0.3) is 0 Å². The normalized spacial score (nSPS) is 28.4. The Hall–Kier alpha value is -2.59. The zero-order chi connectivity index (χ0) is 17.4. The standard InChI is InChI=1S/C18H21N5O2/c1-25-18-14(9-19)15(3-5-20-18)22-10-12-7-16(23-6-2-4-21-23)17(24)8-13(12)11-22/h2-6,12-13,16-17,24H,7-8,10-11H2,1H3/t12-,13+,16-,17-/m1/s1. The molecule has 0 unspecified atom stereocenters. The number of pyridine rings is 1. The van der Waals surface area contributed by atoms with Crippen molar-refractivity contribution in [3.63, 3.8) is 0 Å². The maximum atomic E-state index is 10.6. The number of rotatable bonds is 3. The second kappa shape index (κ2) is 6.37. The maximum Gasteiger partial charge on any atom is 0.233 e. The lowest BCUT2D eigenvalue weighted by molar-refractivity contribution is 0.0306. The molecule has 3 heterocycles. The molecule has 0 spiro atoms. The molecule has 2 aliphatic rings. The third kappa shape index (κ3) is 2.72. The topological polar surface area (TPSA) is 87.2 Å². The van der Waals surface area contributed by atoms with Gasteiger partial charge in [-0.15, -0.1) is 0 Å². The first-order chi connectivity index (χ1) is 12.2. The highest BCUT2D eigenvalue weighted by molar-refractivity contribution is 5.63. The van der Waals surface area contributed by atoms with Gasteiger partial charge in [-0.1, -0.05) is 0 Å². The molecule has 2 aromatic heterocycles. The van der Waals surface area contributed by atoms with Crippen LogP contribution < -0.4 is 9.64 Å².